The van der Waals surface area contributed by atoms with Gasteiger partial charge in [0.1, 0.15) is 0 Å². The second kappa shape index (κ2) is 2.69. The Labute approximate surface area is 62.4 Å². The predicted octanol–water partition coefficient (Wildman–Crippen LogP) is 1.63. The van der Waals surface area contributed by atoms with Gasteiger partial charge >= 0.3 is 5.97 Å². The van der Waals surface area contributed by atoms with Gasteiger partial charge in [-0.3, -0.25) is 4.79 Å². The number of hydrogen-bond donors (Lipinski definition) is 1. The minimum atomic E-state index is -0.658. The molecule has 0 aliphatic heterocycles. The summed E-state index contributed by atoms with van der Waals surface area (Å²) in [6, 6.07) is 0. The SMILES string of the molecule is O=C(O)[C@@H]1CCC[C@H]1Br. The lowest BCUT2D eigenvalue weighted by molar-refractivity contribution is -0.141. The number of carboxylic acid groups (broad SMARTS) is 1. The van der Waals surface area contributed by atoms with Gasteiger partial charge in [0.25, 0.3) is 0 Å². The Hall–Kier alpha value is -0.0500. The van der Waals surface area contributed by atoms with Crippen molar-refractivity contribution in [3.05, 3.63) is 0 Å². The minimum absolute atomic E-state index is 0.134. The van der Waals surface area contributed by atoms with Crippen LogP contribution < -0.4 is 0 Å². The predicted molar refractivity (Wildman–Crippen MR) is 37.7 cm³/mol. The van der Waals surface area contributed by atoms with E-state index in [4.69, 9.17) is 5.11 Å². The summed E-state index contributed by atoms with van der Waals surface area (Å²) in [4.78, 5) is 10.6. The van der Waals surface area contributed by atoms with Crippen molar-refractivity contribution < 1.29 is 9.90 Å². The molecule has 0 amide bonds. The van der Waals surface area contributed by atoms with Gasteiger partial charge in [-0.2, -0.15) is 0 Å². The van der Waals surface area contributed by atoms with Crippen molar-refractivity contribution in [3.63, 3.8) is 0 Å². The summed E-state index contributed by atoms with van der Waals surface area (Å²) in [6.07, 6.45) is 2.90. The van der Waals surface area contributed by atoms with Crippen LogP contribution in [-0.4, -0.2) is 15.9 Å². The zero-order valence-corrected chi connectivity index (χ0v) is 6.60. The maximum atomic E-state index is 10.4. The van der Waals surface area contributed by atoms with Gasteiger partial charge in [-0.1, -0.05) is 22.4 Å². The van der Waals surface area contributed by atoms with Crippen molar-refractivity contribution in [2.45, 2.75) is 24.1 Å². The van der Waals surface area contributed by atoms with Crippen LogP contribution in [-0.2, 0) is 4.79 Å². The summed E-state index contributed by atoms with van der Waals surface area (Å²) in [5, 5.41) is 8.55. The molecule has 9 heavy (non-hydrogen) atoms. The Balaban J connectivity index is 2.49. The van der Waals surface area contributed by atoms with Gasteiger partial charge in [0.2, 0.25) is 0 Å². The normalized spacial score (nSPS) is 34.8. The standard InChI is InChI=1S/C6H9BrO2/c7-5-3-1-2-4(5)6(8)9/h4-5H,1-3H2,(H,8,9)/t4-,5-/m1/s1. The van der Waals surface area contributed by atoms with E-state index in [9.17, 15) is 4.79 Å². The first-order valence-corrected chi connectivity index (χ1v) is 4.00. The van der Waals surface area contributed by atoms with E-state index in [0.29, 0.717) is 0 Å². The van der Waals surface area contributed by atoms with Crippen molar-refractivity contribution in [2.75, 3.05) is 0 Å². The molecule has 1 N–H and O–H groups in total. The lowest BCUT2D eigenvalue weighted by Gasteiger charge is -2.05. The molecule has 2 atom stereocenters. The second-order valence-corrected chi connectivity index (χ2v) is 3.57. The smallest absolute Gasteiger partial charge is 0.307 e. The molecule has 1 aliphatic rings. The van der Waals surface area contributed by atoms with Crippen LogP contribution in [0.25, 0.3) is 0 Å². The summed E-state index contributed by atoms with van der Waals surface area (Å²) in [7, 11) is 0. The molecule has 2 nitrogen and oxygen atoms in total. The van der Waals surface area contributed by atoms with Crippen LogP contribution in [0.2, 0.25) is 0 Å². The third-order valence-electron chi connectivity index (χ3n) is 1.75. The van der Waals surface area contributed by atoms with Gasteiger partial charge in [0, 0.05) is 4.83 Å². The molecular weight excluding hydrogens is 184 g/mol. The minimum Gasteiger partial charge on any atom is -0.481 e. The fourth-order valence-corrected chi connectivity index (χ4v) is 2.01. The van der Waals surface area contributed by atoms with E-state index in [0.717, 1.165) is 19.3 Å². The number of carbonyl (C=O) groups is 1. The molecular formula is C6H9BrO2. The number of hydrogen-bond acceptors (Lipinski definition) is 1. The first-order valence-electron chi connectivity index (χ1n) is 3.08. The molecule has 1 fully saturated rings. The van der Waals surface area contributed by atoms with Crippen LogP contribution in [0, 0.1) is 5.92 Å². The van der Waals surface area contributed by atoms with Crippen molar-refractivity contribution in [1.29, 1.82) is 0 Å². The second-order valence-electron chi connectivity index (χ2n) is 2.39. The number of rotatable bonds is 1. The number of aliphatic carboxylic acids is 1. The van der Waals surface area contributed by atoms with E-state index in [1.807, 2.05) is 0 Å². The van der Waals surface area contributed by atoms with Crippen LogP contribution >= 0.6 is 15.9 Å². The Bertz CT molecular complexity index is 124. The fourth-order valence-electron chi connectivity index (χ4n) is 1.19. The molecule has 0 aromatic heterocycles. The average molecular weight is 193 g/mol. The molecule has 0 aromatic carbocycles. The quantitative estimate of drug-likeness (QED) is 0.642. The third kappa shape index (κ3) is 1.45. The van der Waals surface area contributed by atoms with Crippen LogP contribution in [0.15, 0.2) is 0 Å². The lowest BCUT2D eigenvalue weighted by atomic mass is 10.1. The summed E-state index contributed by atoms with van der Waals surface area (Å²) in [5.41, 5.74) is 0. The molecule has 0 spiro atoms. The zero-order valence-electron chi connectivity index (χ0n) is 5.01. The van der Waals surface area contributed by atoms with E-state index < -0.39 is 5.97 Å². The van der Waals surface area contributed by atoms with Crippen molar-refractivity contribution in [3.8, 4) is 0 Å². The van der Waals surface area contributed by atoms with E-state index in [1.54, 1.807) is 0 Å². The maximum absolute atomic E-state index is 10.4. The largest absolute Gasteiger partial charge is 0.481 e. The molecule has 52 valence electrons. The van der Waals surface area contributed by atoms with Gasteiger partial charge in [-0.05, 0) is 12.8 Å². The molecule has 1 saturated carbocycles. The van der Waals surface area contributed by atoms with Gasteiger partial charge in [0.05, 0.1) is 5.92 Å². The molecule has 1 rings (SSSR count). The van der Waals surface area contributed by atoms with Crippen molar-refractivity contribution in [1.82, 2.24) is 0 Å². The molecule has 0 heterocycles. The molecule has 0 saturated heterocycles. The highest BCUT2D eigenvalue weighted by Gasteiger charge is 2.30. The van der Waals surface area contributed by atoms with Crippen LogP contribution in [0.5, 0.6) is 0 Å². The average Bonchev–Trinajstić information content (AvgIpc) is 2.13. The number of halogens is 1. The van der Waals surface area contributed by atoms with Crippen molar-refractivity contribution >= 4 is 21.9 Å². The lowest BCUT2D eigenvalue weighted by Crippen LogP contribution is -2.17. The fraction of sp³-hybridized carbons (Fsp3) is 0.833. The Kier molecular flexibility index (Phi) is 2.11. The molecule has 3 heteroatoms. The van der Waals surface area contributed by atoms with Crippen LogP contribution in [0.3, 0.4) is 0 Å². The molecule has 0 bridgehead atoms. The Morgan fingerprint density at radius 3 is 2.44 bits per heavy atom. The summed E-state index contributed by atoms with van der Waals surface area (Å²) < 4.78 is 0. The first kappa shape index (κ1) is 7.06. The molecule has 0 unspecified atom stereocenters. The summed E-state index contributed by atoms with van der Waals surface area (Å²) in [5.74, 6) is -0.792. The highest BCUT2D eigenvalue weighted by molar-refractivity contribution is 9.09. The highest BCUT2D eigenvalue weighted by Crippen LogP contribution is 2.31. The van der Waals surface area contributed by atoms with Crippen molar-refractivity contribution in [2.24, 2.45) is 5.92 Å². The van der Waals surface area contributed by atoms with Crippen LogP contribution in [0.4, 0.5) is 0 Å². The topological polar surface area (TPSA) is 37.3 Å². The van der Waals surface area contributed by atoms with Gasteiger partial charge in [-0.15, -0.1) is 0 Å². The first-order chi connectivity index (χ1) is 4.22. The van der Waals surface area contributed by atoms with Gasteiger partial charge in [-0.25, -0.2) is 0 Å². The number of alkyl halides is 1. The molecule has 0 radical (unpaired) electrons. The summed E-state index contributed by atoms with van der Waals surface area (Å²) >= 11 is 3.32. The van der Waals surface area contributed by atoms with Crippen LogP contribution in [0.1, 0.15) is 19.3 Å². The number of carboxylic acids is 1. The van der Waals surface area contributed by atoms with E-state index in [1.165, 1.54) is 0 Å². The molecule has 1 aliphatic carbocycles. The Morgan fingerprint density at radius 1 is 1.56 bits per heavy atom. The third-order valence-corrected chi connectivity index (χ3v) is 2.84. The maximum Gasteiger partial charge on any atom is 0.307 e. The monoisotopic (exact) mass is 192 g/mol. The van der Waals surface area contributed by atoms with E-state index in [2.05, 4.69) is 15.9 Å². The highest BCUT2D eigenvalue weighted by atomic mass is 79.9. The Morgan fingerprint density at radius 2 is 2.22 bits per heavy atom. The van der Waals surface area contributed by atoms with E-state index >= 15 is 0 Å². The summed E-state index contributed by atoms with van der Waals surface area (Å²) in [6.45, 7) is 0. The molecule has 0 aromatic rings. The zero-order chi connectivity index (χ0) is 6.85. The van der Waals surface area contributed by atoms with E-state index in [-0.39, 0.29) is 10.7 Å². The van der Waals surface area contributed by atoms with Gasteiger partial charge in [0.15, 0.2) is 0 Å². The van der Waals surface area contributed by atoms with Gasteiger partial charge < -0.3 is 5.11 Å².